The quantitative estimate of drug-likeness (QED) is 0.602. The van der Waals surface area contributed by atoms with E-state index in [4.69, 9.17) is 5.73 Å². The number of carbonyl (C=O) groups excluding carboxylic acids is 1. The third-order valence-corrected chi connectivity index (χ3v) is 5.09. The fraction of sp³-hybridized carbons (Fsp3) is 0.0952. The lowest BCUT2D eigenvalue weighted by atomic mass is 10.1. The molecular weight excluding hydrogens is 370 g/mol. The first-order valence-electron chi connectivity index (χ1n) is 8.89. The fourth-order valence-corrected chi connectivity index (χ4v) is 3.52. The van der Waals surface area contributed by atoms with E-state index in [1.54, 1.807) is 12.3 Å². The van der Waals surface area contributed by atoms with Gasteiger partial charge in [-0.05, 0) is 48.6 Å². The van der Waals surface area contributed by atoms with E-state index >= 15 is 0 Å². The Morgan fingerprint density at radius 3 is 2.93 bits per heavy atom. The van der Waals surface area contributed by atoms with Crippen molar-refractivity contribution in [3.05, 3.63) is 82.5 Å². The Balaban J connectivity index is 1.53. The summed E-state index contributed by atoms with van der Waals surface area (Å²) in [5, 5.41) is 8.04. The molecular formula is C21H19N5OS. The van der Waals surface area contributed by atoms with Crippen LogP contribution in [0, 0.1) is 0 Å². The van der Waals surface area contributed by atoms with Crippen LogP contribution in [0.25, 0.3) is 11.3 Å². The Hall–Kier alpha value is -3.45. The van der Waals surface area contributed by atoms with Gasteiger partial charge in [-0.3, -0.25) is 4.79 Å². The maximum absolute atomic E-state index is 12.3. The molecule has 0 fully saturated rings. The van der Waals surface area contributed by atoms with Crippen LogP contribution in [0.1, 0.15) is 22.5 Å². The average molecular weight is 389 g/mol. The van der Waals surface area contributed by atoms with Crippen molar-refractivity contribution in [2.45, 2.75) is 12.8 Å². The van der Waals surface area contributed by atoms with E-state index in [9.17, 15) is 4.79 Å². The van der Waals surface area contributed by atoms with E-state index in [1.165, 1.54) is 11.3 Å². The molecule has 2 heterocycles. The largest absolute Gasteiger partial charge is 0.399 e. The van der Waals surface area contributed by atoms with E-state index in [2.05, 4.69) is 20.6 Å². The number of rotatable bonds is 5. The third kappa shape index (κ3) is 4.27. The van der Waals surface area contributed by atoms with Crippen molar-refractivity contribution < 1.29 is 4.79 Å². The highest BCUT2D eigenvalue weighted by molar-refractivity contribution is 7.12. The molecule has 0 saturated heterocycles. The van der Waals surface area contributed by atoms with Crippen LogP contribution in [-0.4, -0.2) is 15.9 Å². The van der Waals surface area contributed by atoms with E-state index in [-0.39, 0.29) is 5.91 Å². The number of anilines is 2. The van der Waals surface area contributed by atoms with Crippen LogP contribution in [0.15, 0.2) is 77.6 Å². The summed E-state index contributed by atoms with van der Waals surface area (Å²) < 4.78 is 0. The minimum Gasteiger partial charge on any atom is -0.399 e. The number of thiophene rings is 1. The topological polar surface area (TPSA) is 92.9 Å². The third-order valence-electron chi connectivity index (χ3n) is 4.22. The summed E-state index contributed by atoms with van der Waals surface area (Å²) in [6.07, 6.45) is 7.39. The van der Waals surface area contributed by atoms with Gasteiger partial charge in [-0.2, -0.15) is 0 Å². The molecule has 7 heteroatoms. The summed E-state index contributed by atoms with van der Waals surface area (Å²) in [5.41, 5.74) is 9.99. The van der Waals surface area contributed by atoms with Gasteiger partial charge in [0.2, 0.25) is 5.95 Å². The smallest absolute Gasteiger partial charge is 0.265 e. The zero-order valence-electron chi connectivity index (χ0n) is 15.1. The SMILES string of the molecule is NC1=CCCC(Nc2nccc(-c3cccc(NC(=O)c4cccs4)c3)n2)=C1. The summed E-state index contributed by atoms with van der Waals surface area (Å²) in [4.78, 5) is 21.8. The highest BCUT2D eigenvalue weighted by Gasteiger charge is 2.10. The minimum atomic E-state index is -0.118. The predicted molar refractivity (Wildman–Crippen MR) is 113 cm³/mol. The molecule has 3 aromatic rings. The number of nitrogens with zero attached hydrogens (tertiary/aromatic N) is 2. The first kappa shape index (κ1) is 17.9. The zero-order chi connectivity index (χ0) is 19.3. The fourth-order valence-electron chi connectivity index (χ4n) is 2.91. The molecule has 0 radical (unpaired) electrons. The molecule has 2 aromatic heterocycles. The van der Waals surface area contributed by atoms with Gasteiger partial charge in [0, 0.05) is 28.8 Å². The van der Waals surface area contributed by atoms with Crippen molar-refractivity contribution in [3.8, 4) is 11.3 Å². The van der Waals surface area contributed by atoms with Crippen LogP contribution in [0.3, 0.4) is 0 Å². The lowest BCUT2D eigenvalue weighted by molar-refractivity contribution is 0.103. The Morgan fingerprint density at radius 2 is 2.11 bits per heavy atom. The summed E-state index contributed by atoms with van der Waals surface area (Å²) in [7, 11) is 0. The minimum absolute atomic E-state index is 0.118. The highest BCUT2D eigenvalue weighted by Crippen LogP contribution is 2.23. The van der Waals surface area contributed by atoms with E-state index in [0.717, 1.165) is 41.2 Å². The Kier molecular flexibility index (Phi) is 5.16. The predicted octanol–water partition coefficient (Wildman–Crippen LogP) is 4.39. The summed E-state index contributed by atoms with van der Waals surface area (Å²) in [6.45, 7) is 0. The monoisotopic (exact) mass is 389 g/mol. The molecule has 1 aliphatic carbocycles. The van der Waals surface area contributed by atoms with Crippen LogP contribution in [0.4, 0.5) is 11.6 Å². The Bertz CT molecular complexity index is 1060. The van der Waals surface area contributed by atoms with E-state index < -0.39 is 0 Å². The van der Waals surface area contributed by atoms with Crippen molar-refractivity contribution in [2.24, 2.45) is 5.73 Å². The standard InChI is InChI=1S/C21H19N5OS/c22-15-5-2-7-17(13-15)25-21-23-10-9-18(26-21)14-4-1-6-16(12-14)24-20(27)19-8-3-11-28-19/h1,3-6,8-13H,2,7,22H2,(H,24,27)(H,23,25,26). The summed E-state index contributed by atoms with van der Waals surface area (Å²) in [5.74, 6) is 0.401. The molecule has 4 rings (SSSR count). The maximum Gasteiger partial charge on any atom is 0.265 e. The second kappa shape index (κ2) is 8.06. The van der Waals surface area contributed by atoms with Gasteiger partial charge in [0.25, 0.3) is 5.91 Å². The number of nitrogens with one attached hydrogen (secondary N) is 2. The number of amides is 1. The van der Waals surface area contributed by atoms with Crippen LogP contribution in [-0.2, 0) is 0 Å². The number of allylic oxidation sites excluding steroid dienone is 3. The van der Waals surface area contributed by atoms with Gasteiger partial charge in [-0.1, -0.05) is 24.3 Å². The number of aromatic nitrogens is 2. The molecule has 0 atom stereocenters. The van der Waals surface area contributed by atoms with Crippen LogP contribution in [0.2, 0.25) is 0 Å². The summed E-state index contributed by atoms with van der Waals surface area (Å²) in [6, 6.07) is 13.1. The maximum atomic E-state index is 12.3. The van der Waals surface area contributed by atoms with Crippen molar-refractivity contribution in [3.63, 3.8) is 0 Å². The number of hydrogen-bond donors (Lipinski definition) is 3. The van der Waals surface area contributed by atoms with Crippen molar-refractivity contribution in [1.29, 1.82) is 0 Å². The molecule has 1 amide bonds. The van der Waals surface area contributed by atoms with Gasteiger partial charge in [0.1, 0.15) is 0 Å². The first-order chi connectivity index (χ1) is 13.7. The average Bonchev–Trinajstić information content (AvgIpc) is 3.24. The number of carbonyl (C=O) groups is 1. The molecule has 0 spiro atoms. The molecule has 1 aliphatic rings. The lowest BCUT2D eigenvalue weighted by Crippen LogP contribution is -2.10. The van der Waals surface area contributed by atoms with Crippen LogP contribution in [0.5, 0.6) is 0 Å². The van der Waals surface area contributed by atoms with Gasteiger partial charge < -0.3 is 16.4 Å². The second-order valence-corrected chi connectivity index (χ2v) is 7.26. The molecule has 0 bridgehead atoms. The van der Waals surface area contributed by atoms with Gasteiger partial charge >= 0.3 is 0 Å². The van der Waals surface area contributed by atoms with Gasteiger partial charge in [0.05, 0.1) is 10.6 Å². The Morgan fingerprint density at radius 1 is 1.18 bits per heavy atom. The molecule has 0 saturated carbocycles. The Labute approximate surface area is 166 Å². The van der Waals surface area contributed by atoms with E-state index in [1.807, 2.05) is 53.9 Å². The number of nitrogens with two attached hydrogens (primary N) is 1. The van der Waals surface area contributed by atoms with Gasteiger partial charge in [-0.15, -0.1) is 11.3 Å². The molecule has 28 heavy (non-hydrogen) atoms. The van der Waals surface area contributed by atoms with Gasteiger partial charge in [-0.25, -0.2) is 9.97 Å². The van der Waals surface area contributed by atoms with Crippen molar-refractivity contribution in [2.75, 3.05) is 10.6 Å². The molecule has 4 N–H and O–H groups in total. The lowest BCUT2D eigenvalue weighted by Gasteiger charge is -2.13. The zero-order valence-corrected chi connectivity index (χ0v) is 15.9. The molecule has 1 aromatic carbocycles. The molecule has 140 valence electrons. The second-order valence-electron chi connectivity index (χ2n) is 6.32. The van der Waals surface area contributed by atoms with Crippen molar-refractivity contribution in [1.82, 2.24) is 9.97 Å². The van der Waals surface area contributed by atoms with Crippen LogP contribution < -0.4 is 16.4 Å². The van der Waals surface area contributed by atoms with E-state index in [0.29, 0.717) is 10.8 Å². The molecule has 6 nitrogen and oxygen atoms in total. The van der Waals surface area contributed by atoms with Gasteiger partial charge in [0.15, 0.2) is 0 Å². The number of benzene rings is 1. The first-order valence-corrected chi connectivity index (χ1v) is 9.77. The van der Waals surface area contributed by atoms with Crippen molar-refractivity contribution >= 4 is 28.9 Å². The molecule has 0 aliphatic heterocycles. The highest BCUT2D eigenvalue weighted by atomic mass is 32.1. The number of hydrogen-bond acceptors (Lipinski definition) is 6. The van der Waals surface area contributed by atoms with Crippen LogP contribution >= 0.6 is 11.3 Å². The molecule has 0 unspecified atom stereocenters. The normalized spacial score (nSPS) is 13.4. The summed E-state index contributed by atoms with van der Waals surface area (Å²) >= 11 is 1.41.